The molecular formula is C22H20F3N5O4. The number of aromatic nitrogens is 3. The van der Waals surface area contributed by atoms with Crippen LogP contribution in [-0.4, -0.2) is 53.8 Å². The first kappa shape index (κ1) is 22.1. The molecule has 34 heavy (non-hydrogen) atoms. The van der Waals surface area contributed by atoms with Gasteiger partial charge in [-0.3, -0.25) is 9.69 Å². The number of anilines is 2. The summed E-state index contributed by atoms with van der Waals surface area (Å²) in [5, 5.41) is 3.70. The lowest BCUT2D eigenvalue weighted by Gasteiger charge is -2.26. The van der Waals surface area contributed by atoms with Crippen molar-refractivity contribution in [3.8, 4) is 11.8 Å². The normalized spacial score (nSPS) is 18.9. The summed E-state index contributed by atoms with van der Waals surface area (Å²) in [7, 11) is 0. The van der Waals surface area contributed by atoms with E-state index < -0.39 is 17.8 Å². The summed E-state index contributed by atoms with van der Waals surface area (Å²) in [5.74, 6) is 0.258. The lowest BCUT2D eigenvalue weighted by molar-refractivity contribution is -0.139. The number of fused-ring (bicyclic) bond motifs is 5. The van der Waals surface area contributed by atoms with E-state index in [0.29, 0.717) is 41.3 Å². The first-order valence-electron chi connectivity index (χ1n) is 10.6. The second-order valence-electron chi connectivity index (χ2n) is 7.80. The molecule has 2 aromatic heterocycles. The number of amides is 1. The molecule has 2 aliphatic heterocycles. The first-order chi connectivity index (χ1) is 16.3. The van der Waals surface area contributed by atoms with Gasteiger partial charge in [-0.25, -0.2) is 4.98 Å². The minimum absolute atomic E-state index is 0.0322. The molecule has 0 aliphatic carbocycles. The second kappa shape index (κ2) is 8.60. The van der Waals surface area contributed by atoms with E-state index in [2.05, 4.69) is 20.3 Å². The van der Waals surface area contributed by atoms with Crippen LogP contribution >= 0.6 is 0 Å². The number of pyridine rings is 1. The van der Waals surface area contributed by atoms with Crippen LogP contribution < -0.4 is 19.7 Å². The van der Waals surface area contributed by atoms with Gasteiger partial charge >= 0.3 is 12.2 Å². The van der Waals surface area contributed by atoms with Crippen molar-refractivity contribution in [3.63, 3.8) is 0 Å². The average Bonchev–Trinajstić information content (AvgIpc) is 2.83. The monoisotopic (exact) mass is 475 g/mol. The van der Waals surface area contributed by atoms with Crippen molar-refractivity contribution in [3.05, 3.63) is 41.6 Å². The van der Waals surface area contributed by atoms with E-state index in [4.69, 9.17) is 14.2 Å². The topological polar surface area (TPSA) is 98.7 Å². The molecule has 0 spiro atoms. The van der Waals surface area contributed by atoms with E-state index in [1.807, 2.05) is 0 Å². The molecule has 1 fully saturated rings. The number of morpholine rings is 1. The maximum atomic E-state index is 13.6. The number of nitrogens with zero attached hydrogens (tertiary/aromatic N) is 4. The lowest BCUT2D eigenvalue weighted by Crippen LogP contribution is -2.42. The minimum atomic E-state index is -4.58. The SMILES string of the molecule is C[C@H]1Nc2nc(nc3cnc(N4CCOCC4=O)cc23)OCCOc2c1cccc2C(F)(F)F. The minimum Gasteiger partial charge on any atom is -0.489 e. The van der Waals surface area contributed by atoms with Gasteiger partial charge in [-0.15, -0.1) is 0 Å². The molecule has 1 amide bonds. The fourth-order valence-corrected chi connectivity index (χ4v) is 3.92. The number of carbonyl (C=O) groups is 1. The van der Waals surface area contributed by atoms with Crippen LogP contribution in [0.5, 0.6) is 11.8 Å². The fraction of sp³-hybridized carbons (Fsp3) is 0.364. The quantitative estimate of drug-likeness (QED) is 0.572. The number of benzene rings is 1. The van der Waals surface area contributed by atoms with Crippen LogP contribution in [-0.2, 0) is 15.7 Å². The smallest absolute Gasteiger partial charge is 0.419 e. The van der Waals surface area contributed by atoms with E-state index in [1.165, 1.54) is 17.2 Å². The molecule has 9 nitrogen and oxygen atoms in total. The van der Waals surface area contributed by atoms with Gasteiger partial charge in [0, 0.05) is 10.9 Å². The van der Waals surface area contributed by atoms with Crippen LogP contribution in [0, 0.1) is 0 Å². The molecule has 1 aromatic carbocycles. The number of hydrogen-bond donors (Lipinski definition) is 1. The van der Waals surface area contributed by atoms with Gasteiger partial charge in [-0.2, -0.15) is 23.1 Å². The Morgan fingerprint density at radius 3 is 2.76 bits per heavy atom. The van der Waals surface area contributed by atoms with Gasteiger partial charge in [-0.05, 0) is 19.1 Å². The predicted molar refractivity (Wildman–Crippen MR) is 115 cm³/mol. The summed E-state index contributed by atoms with van der Waals surface area (Å²) >= 11 is 0. The van der Waals surface area contributed by atoms with Gasteiger partial charge in [-0.1, -0.05) is 12.1 Å². The van der Waals surface area contributed by atoms with Crippen LogP contribution in [0.15, 0.2) is 30.5 Å². The van der Waals surface area contributed by atoms with Gasteiger partial charge < -0.3 is 19.5 Å². The van der Waals surface area contributed by atoms with Gasteiger partial charge in [0.1, 0.15) is 37.2 Å². The zero-order valence-electron chi connectivity index (χ0n) is 18.1. The zero-order chi connectivity index (χ0) is 23.9. The Morgan fingerprint density at radius 1 is 1.15 bits per heavy atom. The fourth-order valence-electron chi connectivity index (χ4n) is 3.92. The Bertz CT molecular complexity index is 1250. The number of halogens is 3. The second-order valence-corrected chi connectivity index (χ2v) is 7.80. The zero-order valence-corrected chi connectivity index (χ0v) is 18.1. The van der Waals surface area contributed by atoms with E-state index in [1.54, 1.807) is 19.1 Å². The van der Waals surface area contributed by atoms with Crippen molar-refractivity contribution in [2.24, 2.45) is 0 Å². The van der Waals surface area contributed by atoms with Gasteiger partial charge in [0.2, 0.25) is 0 Å². The molecule has 1 atom stereocenters. The highest BCUT2D eigenvalue weighted by Crippen LogP contribution is 2.41. The standard InChI is InChI=1S/C22H20F3N5O4/c1-12-13-3-2-4-15(22(23,24)25)19(13)33-7-8-34-21-28-16-10-26-17(9-14(16)20(27-12)29-21)30-5-6-32-11-18(30)31/h2-4,9-10,12H,5-8,11H2,1H3,(H,27,28,29)/t12-/m1/s1. The third kappa shape index (κ3) is 4.16. The number of nitrogens with one attached hydrogen (secondary N) is 1. The molecule has 0 unspecified atom stereocenters. The third-order valence-corrected chi connectivity index (χ3v) is 5.54. The van der Waals surface area contributed by atoms with Crippen LogP contribution in [0.25, 0.3) is 10.9 Å². The van der Waals surface area contributed by atoms with Crippen LogP contribution in [0.4, 0.5) is 24.8 Å². The highest BCUT2D eigenvalue weighted by Gasteiger charge is 2.36. The van der Waals surface area contributed by atoms with Gasteiger partial charge in [0.15, 0.2) is 0 Å². The Balaban J connectivity index is 1.60. The lowest BCUT2D eigenvalue weighted by atomic mass is 10.0. The molecule has 2 bridgehead atoms. The maximum Gasteiger partial charge on any atom is 0.419 e. The van der Waals surface area contributed by atoms with E-state index in [-0.39, 0.29) is 37.5 Å². The number of hydrogen-bond acceptors (Lipinski definition) is 8. The molecule has 0 saturated carbocycles. The van der Waals surface area contributed by atoms with E-state index in [0.717, 1.165) is 6.07 Å². The Hall–Kier alpha value is -3.67. The Labute approximate surface area is 191 Å². The van der Waals surface area contributed by atoms with Gasteiger partial charge in [0.25, 0.3) is 5.91 Å². The van der Waals surface area contributed by atoms with Crippen molar-refractivity contribution in [2.75, 3.05) is 43.2 Å². The van der Waals surface area contributed by atoms with Crippen molar-refractivity contribution in [1.29, 1.82) is 0 Å². The number of ether oxygens (including phenoxy) is 3. The molecule has 0 radical (unpaired) electrons. The Morgan fingerprint density at radius 2 is 1.97 bits per heavy atom. The number of para-hydroxylation sites is 1. The largest absolute Gasteiger partial charge is 0.489 e. The number of rotatable bonds is 1. The van der Waals surface area contributed by atoms with Crippen molar-refractivity contribution < 1.29 is 32.2 Å². The molecule has 5 rings (SSSR count). The molecule has 4 heterocycles. The molecule has 178 valence electrons. The molecular weight excluding hydrogens is 455 g/mol. The first-order valence-corrected chi connectivity index (χ1v) is 10.6. The number of alkyl halides is 3. The highest BCUT2D eigenvalue weighted by atomic mass is 19.4. The van der Waals surface area contributed by atoms with Crippen LogP contribution in [0.1, 0.15) is 24.1 Å². The maximum absolute atomic E-state index is 13.6. The van der Waals surface area contributed by atoms with Crippen LogP contribution in [0.2, 0.25) is 0 Å². The van der Waals surface area contributed by atoms with Gasteiger partial charge in [0.05, 0.1) is 36.5 Å². The van der Waals surface area contributed by atoms with Crippen molar-refractivity contribution in [2.45, 2.75) is 19.1 Å². The molecule has 1 N–H and O–H groups in total. The Kier molecular flexibility index (Phi) is 5.60. The molecule has 12 heteroatoms. The summed E-state index contributed by atoms with van der Waals surface area (Å²) in [6, 6.07) is 4.99. The van der Waals surface area contributed by atoms with Crippen molar-refractivity contribution >= 4 is 28.4 Å². The van der Waals surface area contributed by atoms with Crippen LogP contribution in [0.3, 0.4) is 0 Å². The summed E-state index contributed by atoms with van der Waals surface area (Å²) in [6.45, 7) is 2.23. The molecule has 3 aromatic rings. The predicted octanol–water partition coefficient (Wildman–Crippen LogP) is 3.35. The van der Waals surface area contributed by atoms with Crippen molar-refractivity contribution in [1.82, 2.24) is 15.0 Å². The summed E-state index contributed by atoms with van der Waals surface area (Å²) in [5.41, 5.74) is -0.0888. The van der Waals surface area contributed by atoms with E-state index >= 15 is 0 Å². The third-order valence-electron chi connectivity index (χ3n) is 5.54. The molecule has 2 aliphatic rings. The summed E-state index contributed by atoms with van der Waals surface area (Å²) < 4.78 is 57.2. The highest BCUT2D eigenvalue weighted by molar-refractivity contribution is 5.97. The summed E-state index contributed by atoms with van der Waals surface area (Å²) in [4.78, 5) is 26.9. The summed E-state index contributed by atoms with van der Waals surface area (Å²) in [6.07, 6.45) is -3.08. The number of carbonyl (C=O) groups excluding carboxylic acids is 1. The average molecular weight is 475 g/mol. The molecule has 1 saturated heterocycles. The van der Waals surface area contributed by atoms with E-state index in [9.17, 15) is 18.0 Å².